The maximum Gasteiger partial charge on any atom is 0.286 e. The number of nitrogens with zero attached hydrogens (tertiary/aromatic N) is 4. The van der Waals surface area contributed by atoms with Crippen LogP contribution < -0.4 is 14.4 Å². The van der Waals surface area contributed by atoms with E-state index >= 15 is 0 Å². The summed E-state index contributed by atoms with van der Waals surface area (Å²) in [6, 6.07) is 8.76. The number of aromatic nitrogens is 1. The van der Waals surface area contributed by atoms with Crippen molar-refractivity contribution in [3.63, 3.8) is 0 Å². The molecular formula is C21H22N4O5S2. The third-order valence-electron chi connectivity index (χ3n) is 5.36. The highest BCUT2D eigenvalue weighted by molar-refractivity contribution is 7.98. The number of hydrogen-bond donors (Lipinski definition) is 0. The highest BCUT2D eigenvalue weighted by Gasteiger charge is 2.30. The van der Waals surface area contributed by atoms with Gasteiger partial charge < -0.3 is 19.3 Å². The van der Waals surface area contributed by atoms with Crippen molar-refractivity contribution in [1.82, 2.24) is 9.88 Å². The lowest BCUT2D eigenvalue weighted by molar-refractivity contribution is -0.385. The largest absolute Gasteiger partial charge is 0.493 e. The van der Waals surface area contributed by atoms with Crippen molar-refractivity contribution in [2.45, 2.75) is 4.90 Å². The molecule has 1 amide bonds. The number of fused-ring (bicyclic) bond motifs is 1. The second-order valence-corrected chi connectivity index (χ2v) is 8.92. The SMILES string of the molecule is COc1cc(C(=O)N2CCN(c3nc4c(SC)cccc4s3)CC2)c([N+](=O)[O-])cc1OC. The van der Waals surface area contributed by atoms with Gasteiger partial charge in [-0.05, 0) is 18.4 Å². The van der Waals surface area contributed by atoms with E-state index in [1.54, 1.807) is 28.0 Å². The number of rotatable bonds is 6. The van der Waals surface area contributed by atoms with Crippen LogP contribution in [0.5, 0.6) is 11.5 Å². The van der Waals surface area contributed by atoms with E-state index in [1.165, 1.54) is 26.4 Å². The van der Waals surface area contributed by atoms with Gasteiger partial charge in [0.25, 0.3) is 11.6 Å². The zero-order chi connectivity index (χ0) is 22.8. The van der Waals surface area contributed by atoms with Crippen molar-refractivity contribution in [3.05, 3.63) is 46.0 Å². The summed E-state index contributed by atoms with van der Waals surface area (Å²) in [6.45, 7) is 2.08. The third-order valence-corrected chi connectivity index (χ3v) is 7.21. The first-order valence-electron chi connectivity index (χ1n) is 9.85. The van der Waals surface area contributed by atoms with Gasteiger partial charge in [-0.1, -0.05) is 17.4 Å². The topological polar surface area (TPSA) is 98.0 Å². The molecule has 1 saturated heterocycles. The minimum atomic E-state index is -0.574. The van der Waals surface area contributed by atoms with Gasteiger partial charge in [0.15, 0.2) is 16.6 Å². The predicted molar refractivity (Wildman–Crippen MR) is 126 cm³/mol. The number of hydrogen-bond acceptors (Lipinski definition) is 9. The first-order chi connectivity index (χ1) is 15.5. The van der Waals surface area contributed by atoms with Crippen molar-refractivity contribution in [2.75, 3.05) is 51.6 Å². The van der Waals surface area contributed by atoms with Crippen LogP contribution >= 0.6 is 23.1 Å². The Labute approximate surface area is 193 Å². The summed E-state index contributed by atoms with van der Waals surface area (Å²) in [4.78, 5) is 33.9. The zero-order valence-electron chi connectivity index (χ0n) is 17.9. The monoisotopic (exact) mass is 474 g/mol. The van der Waals surface area contributed by atoms with Crippen LogP contribution in [0.4, 0.5) is 10.8 Å². The number of methoxy groups -OCH3 is 2. The number of anilines is 1. The summed E-state index contributed by atoms with van der Waals surface area (Å²) in [5.74, 6) is 0.0893. The van der Waals surface area contributed by atoms with Crippen LogP contribution in [0.2, 0.25) is 0 Å². The molecule has 1 aliphatic rings. The number of nitro groups is 1. The average Bonchev–Trinajstić information content (AvgIpc) is 3.27. The maximum absolute atomic E-state index is 13.2. The fourth-order valence-corrected chi connectivity index (χ4v) is 5.35. The quantitative estimate of drug-likeness (QED) is 0.301. The molecule has 0 radical (unpaired) electrons. The predicted octanol–water partition coefficient (Wildman–Crippen LogP) is 3.91. The Morgan fingerprint density at radius 1 is 1.16 bits per heavy atom. The number of piperazine rings is 1. The minimum absolute atomic E-state index is 0.00861. The Morgan fingerprint density at radius 2 is 1.84 bits per heavy atom. The van der Waals surface area contributed by atoms with Gasteiger partial charge in [-0.15, -0.1) is 11.8 Å². The number of thioether (sulfide) groups is 1. The molecule has 1 aliphatic heterocycles. The fourth-order valence-electron chi connectivity index (χ4n) is 3.67. The normalized spacial score (nSPS) is 14.0. The van der Waals surface area contributed by atoms with Gasteiger partial charge in [0, 0.05) is 37.1 Å². The van der Waals surface area contributed by atoms with Crippen molar-refractivity contribution in [3.8, 4) is 11.5 Å². The van der Waals surface area contributed by atoms with Crippen LogP contribution in [0.1, 0.15) is 10.4 Å². The standard InChI is InChI=1S/C21H22N4O5S2/c1-29-15-11-13(14(25(27)28)12-16(15)30-2)20(26)23-7-9-24(10-8-23)21-22-19-17(31-3)5-4-6-18(19)32-21/h4-6,11-12H,7-10H2,1-3H3. The summed E-state index contributed by atoms with van der Waals surface area (Å²) >= 11 is 3.30. The van der Waals surface area contributed by atoms with Crippen LogP contribution in [0.3, 0.4) is 0 Å². The molecule has 9 nitrogen and oxygen atoms in total. The van der Waals surface area contributed by atoms with Crippen LogP contribution in [-0.4, -0.2) is 67.4 Å². The van der Waals surface area contributed by atoms with Crippen molar-refractivity contribution in [1.29, 1.82) is 0 Å². The zero-order valence-corrected chi connectivity index (χ0v) is 19.5. The number of ether oxygens (including phenoxy) is 2. The van der Waals surface area contributed by atoms with E-state index in [4.69, 9.17) is 14.5 Å². The van der Waals surface area contributed by atoms with E-state index in [9.17, 15) is 14.9 Å². The molecule has 1 fully saturated rings. The molecule has 0 atom stereocenters. The van der Waals surface area contributed by atoms with Crippen molar-refractivity contribution in [2.24, 2.45) is 0 Å². The van der Waals surface area contributed by atoms with Crippen LogP contribution in [0.25, 0.3) is 10.2 Å². The molecular weight excluding hydrogens is 452 g/mol. The molecule has 2 aromatic carbocycles. The van der Waals surface area contributed by atoms with Gasteiger partial charge in [-0.2, -0.15) is 0 Å². The van der Waals surface area contributed by atoms with Crippen LogP contribution in [0, 0.1) is 10.1 Å². The number of benzene rings is 2. The average molecular weight is 475 g/mol. The molecule has 168 valence electrons. The van der Waals surface area contributed by atoms with Gasteiger partial charge in [-0.25, -0.2) is 4.98 Å². The van der Waals surface area contributed by atoms with Gasteiger partial charge in [0.2, 0.25) is 0 Å². The molecule has 32 heavy (non-hydrogen) atoms. The summed E-state index contributed by atoms with van der Waals surface area (Å²) in [5, 5.41) is 12.5. The molecule has 2 heterocycles. The van der Waals surface area contributed by atoms with E-state index in [2.05, 4.69) is 17.0 Å². The third kappa shape index (κ3) is 4.05. The Hall–Kier alpha value is -3.05. The molecule has 1 aromatic heterocycles. The minimum Gasteiger partial charge on any atom is -0.493 e. The van der Waals surface area contributed by atoms with Gasteiger partial charge in [-0.3, -0.25) is 14.9 Å². The fraction of sp³-hybridized carbons (Fsp3) is 0.333. The molecule has 0 bridgehead atoms. The molecule has 0 unspecified atom stereocenters. The number of para-hydroxylation sites is 1. The van der Waals surface area contributed by atoms with Crippen LogP contribution in [0.15, 0.2) is 35.2 Å². The lowest BCUT2D eigenvalue weighted by Crippen LogP contribution is -2.48. The number of thiazole rings is 1. The van der Waals surface area contributed by atoms with E-state index in [0.29, 0.717) is 26.2 Å². The van der Waals surface area contributed by atoms with Gasteiger partial charge in [0.05, 0.1) is 35.4 Å². The first-order valence-corrected chi connectivity index (χ1v) is 11.9. The first kappa shape index (κ1) is 22.2. The smallest absolute Gasteiger partial charge is 0.286 e. The molecule has 0 aliphatic carbocycles. The summed E-state index contributed by atoms with van der Waals surface area (Å²) in [5.41, 5.74) is 0.691. The van der Waals surface area contributed by atoms with E-state index < -0.39 is 10.8 Å². The Bertz CT molecular complexity index is 1170. The summed E-state index contributed by atoms with van der Waals surface area (Å²) < 4.78 is 11.5. The number of amides is 1. The van der Waals surface area contributed by atoms with E-state index in [-0.39, 0.29) is 22.7 Å². The summed E-state index contributed by atoms with van der Waals surface area (Å²) in [6.07, 6.45) is 2.03. The lowest BCUT2D eigenvalue weighted by Gasteiger charge is -2.34. The van der Waals surface area contributed by atoms with E-state index in [1.807, 2.05) is 12.3 Å². The van der Waals surface area contributed by atoms with Crippen molar-refractivity contribution >= 4 is 50.0 Å². The van der Waals surface area contributed by atoms with Gasteiger partial charge in [0.1, 0.15) is 5.56 Å². The Kier molecular flexibility index (Phi) is 6.38. The molecule has 0 saturated carbocycles. The molecule has 11 heteroatoms. The maximum atomic E-state index is 13.2. The molecule has 4 rings (SSSR count). The molecule has 0 N–H and O–H groups in total. The number of carbonyl (C=O) groups is 1. The summed E-state index contributed by atoms with van der Waals surface area (Å²) in [7, 11) is 2.82. The molecule has 3 aromatic rings. The second kappa shape index (κ2) is 9.21. The Morgan fingerprint density at radius 3 is 2.47 bits per heavy atom. The highest BCUT2D eigenvalue weighted by atomic mass is 32.2. The van der Waals surface area contributed by atoms with Crippen molar-refractivity contribution < 1.29 is 19.2 Å². The van der Waals surface area contributed by atoms with Gasteiger partial charge >= 0.3 is 0 Å². The highest BCUT2D eigenvalue weighted by Crippen LogP contribution is 2.36. The molecule has 0 spiro atoms. The number of carbonyl (C=O) groups excluding carboxylic acids is 1. The number of nitro benzene ring substituents is 1. The lowest BCUT2D eigenvalue weighted by atomic mass is 10.1. The van der Waals surface area contributed by atoms with Crippen LogP contribution in [-0.2, 0) is 0 Å². The van der Waals surface area contributed by atoms with E-state index in [0.717, 1.165) is 20.2 Å². The Balaban J connectivity index is 1.53. The second-order valence-electron chi connectivity index (χ2n) is 7.06.